The quantitative estimate of drug-likeness (QED) is 0.860. The summed E-state index contributed by atoms with van der Waals surface area (Å²) in [5.41, 5.74) is 1.34. The lowest BCUT2D eigenvalue weighted by atomic mass is 10.1. The van der Waals surface area contributed by atoms with Gasteiger partial charge >= 0.3 is 0 Å². The Labute approximate surface area is 113 Å². The third-order valence-corrected chi connectivity index (χ3v) is 3.69. The number of hydrogen-bond acceptors (Lipinski definition) is 3. The van der Waals surface area contributed by atoms with E-state index in [1.54, 1.807) is 6.20 Å². The lowest BCUT2D eigenvalue weighted by molar-refractivity contribution is 0.511. The number of rotatable bonds is 5. The van der Waals surface area contributed by atoms with E-state index in [1.165, 1.54) is 12.1 Å². The zero-order valence-corrected chi connectivity index (χ0v) is 11.0. The van der Waals surface area contributed by atoms with Crippen LogP contribution in [0.1, 0.15) is 12.2 Å². The van der Waals surface area contributed by atoms with E-state index in [-0.39, 0.29) is 0 Å². The number of benzene rings is 1. The standard InChI is InChI=1S/C15H20N4/c1-2-4-14(5-3-1)19-9-6-13(12-19)10-16-11-15-17-7-8-18-15/h1-5,7-8,13,16H,6,9-12H2,(H,17,18). The maximum atomic E-state index is 4.21. The van der Waals surface area contributed by atoms with Crippen LogP contribution < -0.4 is 10.2 Å². The lowest BCUT2D eigenvalue weighted by Gasteiger charge is -2.18. The van der Waals surface area contributed by atoms with Crippen molar-refractivity contribution >= 4 is 5.69 Å². The summed E-state index contributed by atoms with van der Waals surface area (Å²) in [6.07, 6.45) is 4.92. The molecule has 1 unspecified atom stereocenters. The first kappa shape index (κ1) is 12.2. The van der Waals surface area contributed by atoms with Crippen LogP contribution in [0.4, 0.5) is 5.69 Å². The normalized spacial score (nSPS) is 18.9. The third-order valence-electron chi connectivity index (χ3n) is 3.69. The number of aromatic nitrogens is 2. The first-order chi connectivity index (χ1) is 9.42. The number of imidazole rings is 1. The maximum absolute atomic E-state index is 4.21. The molecule has 2 aromatic rings. The maximum Gasteiger partial charge on any atom is 0.120 e. The minimum Gasteiger partial charge on any atom is -0.371 e. The number of nitrogens with zero attached hydrogens (tertiary/aromatic N) is 2. The van der Waals surface area contributed by atoms with E-state index in [0.29, 0.717) is 0 Å². The van der Waals surface area contributed by atoms with Gasteiger partial charge in [-0.2, -0.15) is 0 Å². The van der Waals surface area contributed by atoms with Crippen LogP contribution in [0.5, 0.6) is 0 Å². The predicted octanol–water partition coefficient (Wildman–Crippen LogP) is 2.03. The molecular weight excluding hydrogens is 236 g/mol. The van der Waals surface area contributed by atoms with Crippen LogP contribution in [0.3, 0.4) is 0 Å². The summed E-state index contributed by atoms with van der Waals surface area (Å²) in [4.78, 5) is 9.80. The van der Waals surface area contributed by atoms with E-state index in [2.05, 4.69) is 50.5 Å². The molecule has 4 heteroatoms. The number of para-hydroxylation sites is 1. The molecule has 1 aromatic carbocycles. The van der Waals surface area contributed by atoms with Crippen LogP contribution in [-0.4, -0.2) is 29.6 Å². The highest BCUT2D eigenvalue weighted by atomic mass is 15.2. The second-order valence-corrected chi connectivity index (χ2v) is 5.10. The number of anilines is 1. The molecule has 2 N–H and O–H groups in total. The Morgan fingerprint density at radius 2 is 2.21 bits per heavy atom. The molecule has 1 aliphatic heterocycles. The number of hydrogen-bond donors (Lipinski definition) is 2. The molecule has 0 aliphatic carbocycles. The topological polar surface area (TPSA) is 44.0 Å². The first-order valence-corrected chi connectivity index (χ1v) is 6.91. The Hall–Kier alpha value is -1.81. The van der Waals surface area contributed by atoms with E-state index in [4.69, 9.17) is 0 Å². The average Bonchev–Trinajstić information content (AvgIpc) is 3.11. The van der Waals surface area contributed by atoms with Gasteiger partial charge in [0, 0.05) is 37.7 Å². The molecule has 2 heterocycles. The fraction of sp³-hybridized carbons (Fsp3) is 0.400. The van der Waals surface area contributed by atoms with Crippen molar-refractivity contribution in [1.29, 1.82) is 0 Å². The molecule has 0 saturated carbocycles. The van der Waals surface area contributed by atoms with Crippen molar-refractivity contribution in [3.05, 3.63) is 48.5 Å². The number of H-pyrrole nitrogens is 1. The molecule has 0 bridgehead atoms. The number of nitrogens with one attached hydrogen (secondary N) is 2. The highest BCUT2D eigenvalue weighted by Gasteiger charge is 2.22. The van der Waals surface area contributed by atoms with Gasteiger partial charge in [0.25, 0.3) is 0 Å². The summed E-state index contributed by atoms with van der Waals surface area (Å²) >= 11 is 0. The molecule has 4 nitrogen and oxygen atoms in total. The minimum atomic E-state index is 0.732. The SMILES string of the molecule is c1ccc(N2CCC(CNCc3ncc[nH]3)C2)cc1. The second-order valence-electron chi connectivity index (χ2n) is 5.10. The Morgan fingerprint density at radius 3 is 3.00 bits per heavy atom. The molecule has 0 radical (unpaired) electrons. The van der Waals surface area contributed by atoms with Crippen LogP contribution in [0.2, 0.25) is 0 Å². The molecule has 3 rings (SSSR count). The molecule has 0 amide bonds. The number of aromatic amines is 1. The van der Waals surface area contributed by atoms with Gasteiger partial charge in [-0.15, -0.1) is 0 Å². The van der Waals surface area contributed by atoms with E-state index in [1.807, 2.05) is 6.20 Å². The van der Waals surface area contributed by atoms with Crippen molar-refractivity contribution in [2.75, 3.05) is 24.5 Å². The highest BCUT2D eigenvalue weighted by molar-refractivity contribution is 5.46. The van der Waals surface area contributed by atoms with Crippen molar-refractivity contribution in [2.45, 2.75) is 13.0 Å². The van der Waals surface area contributed by atoms with E-state index >= 15 is 0 Å². The Balaban J connectivity index is 1.44. The molecule has 100 valence electrons. The zero-order valence-electron chi connectivity index (χ0n) is 11.0. The van der Waals surface area contributed by atoms with Gasteiger partial charge in [0.15, 0.2) is 0 Å². The van der Waals surface area contributed by atoms with Crippen LogP contribution in [0.25, 0.3) is 0 Å². The zero-order chi connectivity index (χ0) is 12.9. The Kier molecular flexibility index (Phi) is 3.79. The van der Waals surface area contributed by atoms with E-state index in [0.717, 1.165) is 37.9 Å². The van der Waals surface area contributed by atoms with Crippen LogP contribution >= 0.6 is 0 Å². The van der Waals surface area contributed by atoms with Crippen molar-refractivity contribution in [3.63, 3.8) is 0 Å². The molecule has 0 spiro atoms. The fourth-order valence-corrected chi connectivity index (χ4v) is 2.66. The average molecular weight is 256 g/mol. The van der Waals surface area contributed by atoms with Gasteiger partial charge in [-0.05, 0) is 24.5 Å². The lowest BCUT2D eigenvalue weighted by Crippen LogP contribution is -2.26. The molecule has 19 heavy (non-hydrogen) atoms. The molecule has 1 fully saturated rings. The summed E-state index contributed by atoms with van der Waals surface area (Å²) in [6, 6.07) is 10.7. The second kappa shape index (κ2) is 5.89. The molecule has 1 aromatic heterocycles. The van der Waals surface area contributed by atoms with Gasteiger partial charge < -0.3 is 15.2 Å². The van der Waals surface area contributed by atoms with Gasteiger partial charge in [-0.1, -0.05) is 18.2 Å². The van der Waals surface area contributed by atoms with Crippen molar-refractivity contribution < 1.29 is 0 Å². The van der Waals surface area contributed by atoms with Crippen LogP contribution in [0, 0.1) is 5.92 Å². The predicted molar refractivity (Wildman–Crippen MR) is 77.1 cm³/mol. The highest BCUT2D eigenvalue weighted by Crippen LogP contribution is 2.22. The van der Waals surface area contributed by atoms with Crippen molar-refractivity contribution in [2.24, 2.45) is 5.92 Å². The Bertz CT molecular complexity index is 480. The van der Waals surface area contributed by atoms with Gasteiger partial charge in [-0.25, -0.2) is 4.98 Å². The fourth-order valence-electron chi connectivity index (χ4n) is 2.66. The monoisotopic (exact) mass is 256 g/mol. The summed E-state index contributed by atoms with van der Waals surface area (Å²) in [7, 11) is 0. The van der Waals surface area contributed by atoms with Gasteiger partial charge in [0.05, 0.1) is 6.54 Å². The van der Waals surface area contributed by atoms with Crippen molar-refractivity contribution in [1.82, 2.24) is 15.3 Å². The van der Waals surface area contributed by atoms with Crippen molar-refractivity contribution in [3.8, 4) is 0 Å². The minimum absolute atomic E-state index is 0.732. The molecule has 1 saturated heterocycles. The summed E-state index contributed by atoms with van der Waals surface area (Å²) in [6.45, 7) is 4.20. The summed E-state index contributed by atoms with van der Waals surface area (Å²) in [5.74, 6) is 1.74. The van der Waals surface area contributed by atoms with Gasteiger partial charge in [0.1, 0.15) is 5.82 Å². The Morgan fingerprint density at radius 1 is 1.32 bits per heavy atom. The first-order valence-electron chi connectivity index (χ1n) is 6.91. The van der Waals surface area contributed by atoms with Gasteiger partial charge in [-0.3, -0.25) is 0 Å². The van der Waals surface area contributed by atoms with E-state index < -0.39 is 0 Å². The van der Waals surface area contributed by atoms with E-state index in [9.17, 15) is 0 Å². The molecular formula is C15H20N4. The summed E-state index contributed by atoms with van der Waals surface area (Å²) < 4.78 is 0. The third kappa shape index (κ3) is 3.15. The smallest absolute Gasteiger partial charge is 0.120 e. The molecule has 1 atom stereocenters. The van der Waals surface area contributed by atoms with Crippen LogP contribution in [0.15, 0.2) is 42.7 Å². The molecule has 1 aliphatic rings. The summed E-state index contributed by atoms with van der Waals surface area (Å²) in [5, 5.41) is 3.48. The largest absolute Gasteiger partial charge is 0.371 e. The van der Waals surface area contributed by atoms with Gasteiger partial charge in [0.2, 0.25) is 0 Å². The van der Waals surface area contributed by atoms with Crippen LogP contribution in [-0.2, 0) is 6.54 Å².